The first-order chi connectivity index (χ1) is 6.76. The third-order valence-electron chi connectivity index (χ3n) is 3.44. The maximum Gasteiger partial charge on any atom is 0.153 e. The number of hydrogen-bond donors (Lipinski definition) is 0. The van der Waals surface area contributed by atoms with E-state index < -0.39 is 5.60 Å². The van der Waals surface area contributed by atoms with Gasteiger partial charge in [-0.1, -0.05) is 26.2 Å². The van der Waals surface area contributed by atoms with Crippen LogP contribution < -0.4 is 0 Å². The van der Waals surface area contributed by atoms with E-state index in [4.69, 9.17) is 10.00 Å². The van der Waals surface area contributed by atoms with Gasteiger partial charge in [0.25, 0.3) is 0 Å². The number of nitrogens with zero attached hydrogens (tertiary/aromatic N) is 1. The number of methoxy groups -OCH3 is 1. The van der Waals surface area contributed by atoms with E-state index >= 15 is 0 Å². The molecule has 0 heterocycles. The summed E-state index contributed by atoms with van der Waals surface area (Å²) in [5, 5.41) is 9.11. The fraction of sp³-hybridized carbons (Fsp3) is 0.917. The Morgan fingerprint density at radius 3 is 2.79 bits per heavy atom. The first kappa shape index (κ1) is 11.5. The molecular weight excluding hydrogens is 174 g/mol. The molecule has 14 heavy (non-hydrogen) atoms. The SMILES string of the molecule is CCCC1CCCC(C#N)(OC)CC1. The molecule has 0 spiro atoms. The van der Waals surface area contributed by atoms with Crippen molar-refractivity contribution in [1.82, 2.24) is 0 Å². The van der Waals surface area contributed by atoms with Gasteiger partial charge in [0.05, 0.1) is 6.07 Å². The van der Waals surface area contributed by atoms with Crippen molar-refractivity contribution in [2.75, 3.05) is 7.11 Å². The minimum atomic E-state index is -0.470. The molecular formula is C12H21NO. The zero-order valence-electron chi connectivity index (χ0n) is 9.38. The number of hydrogen-bond acceptors (Lipinski definition) is 2. The first-order valence-electron chi connectivity index (χ1n) is 5.72. The van der Waals surface area contributed by atoms with Crippen LogP contribution in [0.4, 0.5) is 0 Å². The lowest BCUT2D eigenvalue weighted by atomic mass is 9.93. The van der Waals surface area contributed by atoms with E-state index in [1.807, 2.05) is 0 Å². The van der Waals surface area contributed by atoms with Crippen molar-refractivity contribution in [2.24, 2.45) is 5.92 Å². The van der Waals surface area contributed by atoms with Crippen LogP contribution >= 0.6 is 0 Å². The lowest BCUT2D eigenvalue weighted by Crippen LogP contribution is -2.28. The van der Waals surface area contributed by atoms with Gasteiger partial charge >= 0.3 is 0 Å². The van der Waals surface area contributed by atoms with Gasteiger partial charge in [-0.05, 0) is 31.6 Å². The van der Waals surface area contributed by atoms with Gasteiger partial charge in [-0.3, -0.25) is 0 Å². The van der Waals surface area contributed by atoms with Crippen LogP contribution in [0.15, 0.2) is 0 Å². The smallest absolute Gasteiger partial charge is 0.153 e. The molecule has 2 unspecified atom stereocenters. The van der Waals surface area contributed by atoms with Crippen molar-refractivity contribution in [1.29, 1.82) is 5.26 Å². The Hall–Kier alpha value is -0.550. The molecule has 2 atom stereocenters. The summed E-state index contributed by atoms with van der Waals surface area (Å²) >= 11 is 0. The minimum Gasteiger partial charge on any atom is -0.363 e. The molecule has 1 aliphatic rings. The molecule has 0 radical (unpaired) electrons. The largest absolute Gasteiger partial charge is 0.363 e. The normalized spacial score (nSPS) is 33.4. The topological polar surface area (TPSA) is 33.0 Å². The summed E-state index contributed by atoms with van der Waals surface area (Å²) in [6.45, 7) is 2.23. The highest BCUT2D eigenvalue weighted by Gasteiger charge is 2.32. The van der Waals surface area contributed by atoms with Crippen molar-refractivity contribution in [3.8, 4) is 6.07 Å². The molecule has 1 saturated carbocycles. The Kier molecular flexibility index (Phi) is 4.41. The molecule has 2 heteroatoms. The highest BCUT2D eigenvalue weighted by molar-refractivity contribution is 5.02. The molecule has 0 aliphatic heterocycles. The Morgan fingerprint density at radius 1 is 1.43 bits per heavy atom. The molecule has 0 aromatic rings. The average molecular weight is 195 g/mol. The first-order valence-corrected chi connectivity index (χ1v) is 5.72. The van der Waals surface area contributed by atoms with E-state index in [1.165, 1.54) is 19.3 Å². The molecule has 1 fully saturated rings. The Bertz CT molecular complexity index is 209. The molecule has 0 saturated heterocycles. The van der Waals surface area contributed by atoms with Crippen LogP contribution in [0.1, 0.15) is 51.9 Å². The zero-order valence-corrected chi connectivity index (χ0v) is 9.38. The van der Waals surface area contributed by atoms with E-state index in [0.717, 1.165) is 31.6 Å². The van der Waals surface area contributed by atoms with Gasteiger partial charge in [-0.15, -0.1) is 0 Å². The van der Waals surface area contributed by atoms with Crippen molar-refractivity contribution in [3.05, 3.63) is 0 Å². The molecule has 2 nitrogen and oxygen atoms in total. The monoisotopic (exact) mass is 195 g/mol. The van der Waals surface area contributed by atoms with Crippen molar-refractivity contribution < 1.29 is 4.74 Å². The summed E-state index contributed by atoms with van der Waals surface area (Å²) < 4.78 is 5.37. The van der Waals surface area contributed by atoms with E-state index in [-0.39, 0.29) is 0 Å². The minimum absolute atomic E-state index is 0.470. The molecule has 0 bridgehead atoms. The highest BCUT2D eigenvalue weighted by atomic mass is 16.5. The molecule has 0 amide bonds. The van der Waals surface area contributed by atoms with Crippen LogP contribution in [-0.4, -0.2) is 12.7 Å². The predicted octanol–water partition coefficient (Wildman–Crippen LogP) is 3.28. The quantitative estimate of drug-likeness (QED) is 0.647. The average Bonchev–Trinajstić information content (AvgIpc) is 2.42. The van der Waals surface area contributed by atoms with E-state index in [0.29, 0.717) is 0 Å². The Balaban J connectivity index is 2.52. The lowest BCUT2D eigenvalue weighted by Gasteiger charge is -2.22. The molecule has 1 aliphatic carbocycles. The second-order valence-corrected chi connectivity index (χ2v) is 4.40. The van der Waals surface area contributed by atoms with Crippen molar-refractivity contribution in [2.45, 2.75) is 57.5 Å². The fourth-order valence-electron chi connectivity index (χ4n) is 2.44. The Morgan fingerprint density at radius 2 is 2.21 bits per heavy atom. The lowest BCUT2D eigenvalue weighted by molar-refractivity contribution is 0.0255. The standard InChI is InChI=1S/C12H21NO/c1-3-5-11-6-4-8-12(10-13,14-2)9-7-11/h11H,3-9H2,1-2H3. The van der Waals surface area contributed by atoms with Gasteiger partial charge in [-0.25, -0.2) is 0 Å². The number of nitriles is 1. The predicted molar refractivity (Wildman–Crippen MR) is 56.8 cm³/mol. The van der Waals surface area contributed by atoms with Crippen LogP contribution in [0.25, 0.3) is 0 Å². The molecule has 0 N–H and O–H groups in total. The maximum atomic E-state index is 9.11. The van der Waals surface area contributed by atoms with Gasteiger partial charge in [0, 0.05) is 7.11 Å². The summed E-state index contributed by atoms with van der Waals surface area (Å²) in [5.41, 5.74) is -0.470. The van der Waals surface area contributed by atoms with Gasteiger partial charge in [-0.2, -0.15) is 5.26 Å². The maximum absolute atomic E-state index is 9.11. The molecule has 1 rings (SSSR count). The fourth-order valence-corrected chi connectivity index (χ4v) is 2.44. The van der Waals surface area contributed by atoms with Crippen LogP contribution in [0, 0.1) is 17.2 Å². The third-order valence-corrected chi connectivity index (χ3v) is 3.44. The van der Waals surface area contributed by atoms with Gasteiger partial charge in [0.15, 0.2) is 5.60 Å². The molecule has 0 aromatic carbocycles. The summed E-state index contributed by atoms with van der Waals surface area (Å²) in [6.07, 6.45) is 8.00. The summed E-state index contributed by atoms with van der Waals surface area (Å²) in [7, 11) is 1.67. The second-order valence-electron chi connectivity index (χ2n) is 4.40. The van der Waals surface area contributed by atoms with E-state index in [2.05, 4.69) is 13.0 Å². The van der Waals surface area contributed by atoms with Crippen LogP contribution in [0.3, 0.4) is 0 Å². The summed E-state index contributed by atoms with van der Waals surface area (Å²) in [6, 6.07) is 2.35. The molecule has 80 valence electrons. The van der Waals surface area contributed by atoms with Crippen LogP contribution in [0.2, 0.25) is 0 Å². The van der Waals surface area contributed by atoms with Gasteiger partial charge in [0.2, 0.25) is 0 Å². The molecule has 0 aromatic heterocycles. The zero-order chi connectivity index (χ0) is 10.4. The number of rotatable bonds is 3. The second kappa shape index (κ2) is 5.36. The van der Waals surface area contributed by atoms with Crippen molar-refractivity contribution in [3.63, 3.8) is 0 Å². The number of ether oxygens (including phenoxy) is 1. The Labute approximate surface area is 87.3 Å². The van der Waals surface area contributed by atoms with Crippen molar-refractivity contribution >= 4 is 0 Å². The highest BCUT2D eigenvalue weighted by Crippen LogP contribution is 2.34. The van der Waals surface area contributed by atoms with E-state index in [1.54, 1.807) is 7.11 Å². The summed E-state index contributed by atoms with van der Waals surface area (Å²) in [4.78, 5) is 0. The van der Waals surface area contributed by atoms with Crippen LogP contribution in [0.5, 0.6) is 0 Å². The van der Waals surface area contributed by atoms with E-state index in [9.17, 15) is 0 Å². The van der Waals surface area contributed by atoms with Crippen LogP contribution in [-0.2, 0) is 4.74 Å². The summed E-state index contributed by atoms with van der Waals surface area (Å²) in [5.74, 6) is 0.824. The third kappa shape index (κ3) is 2.72. The van der Waals surface area contributed by atoms with Gasteiger partial charge in [0.1, 0.15) is 0 Å². The van der Waals surface area contributed by atoms with Gasteiger partial charge < -0.3 is 4.74 Å².